The molecule has 1 fully saturated rings. The normalized spacial score (nSPS) is 24.1. The summed E-state index contributed by atoms with van der Waals surface area (Å²) in [5.41, 5.74) is 0. The predicted molar refractivity (Wildman–Crippen MR) is 150 cm³/mol. The second-order valence-electron chi connectivity index (χ2n) is 10.9. The van der Waals surface area contributed by atoms with E-state index in [1.165, 1.54) is 89.9 Å². The highest BCUT2D eigenvalue weighted by Gasteiger charge is 2.44. The van der Waals surface area contributed by atoms with Crippen molar-refractivity contribution in [2.45, 2.75) is 160 Å². The molecule has 1 heterocycles. The molecule has 0 spiro atoms. The molecule has 9 nitrogen and oxygen atoms in total. The van der Waals surface area contributed by atoms with Crippen LogP contribution in [0.1, 0.15) is 123 Å². The summed E-state index contributed by atoms with van der Waals surface area (Å²) < 4.78 is 22.0. The molecule has 0 aromatic rings. The Bertz CT molecular complexity index is 575. The average molecular weight is 563 g/mol. The molecule has 0 aliphatic carbocycles. The van der Waals surface area contributed by atoms with Gasteiger partial charge in [-0.25, -0.2) is 0 Å². The van der Waals surface area contributed by atoms with Gasteiger partial charge in [-0.2, -0.15) is 0 Å². The summed E-state index contributed by atoms with van der Waals surface area (Å²) in [6, 6.07) is 0. The number of hydrogen-bond donors (Lipinski definition) is 4. The third-order valence-electron chi connectivity index (χ3n) is 7.33. The number of rotatable bonds is 25. The van der Waals surface area contributed by atoms with Gasteiger partial charge in [-0.05, 0) is 6.42 Å². The molecule has 0 radical (unpaired) electrons. The van der Waals surface area contributed by atoms with Crippen LogP contribution in [-0.4, -0.2) is 89.6 Å². The molecule has 4 N–H and O–H groups in total. The molecule has 0 saturated carbocycles. The van der Waals surface area contributed by atoms with Crippen molar-refractivity contribution in [3.05, 3.63) is 0 Å². The van der Waals surface area contributed by atoms with Gasteiger partial charge in [-0.1, -0.05) is 110 Å². The molecular formula is C30H58O9. The molecular weight excluding hydrogens is 504 g/mol. The van der Waals surface area contributed by atoms with Crippen LogP contribution >= 0.6 is 0 Å². The number of esters is 1. The van der Waals surface area contributed by atoms with Gasteiger partial charge in [0, 0.05) is 13.0 Å². The second kappa shape index (κ2) is 23.9. The Balaban J connectivity index is 2.09. The van der Waals surface area contributed by atoms with Gasteiger partial charge >= 0.3 is 5.97 Å². The average Bonchev–Trinajstić information content (AvgIpc) is 2.94. The minimum atomic E-state index is -1.52. The monoisotopic (exact) mass is 562 g/mol. The van der Waals surface area contributed by atoms with Crippen molar-refractivity contribution >= 4 is 5.97 Å². The first-order chi connectivity index (χ1) is 18.9. The Hall–Kier alpha value is -0.810. The third kappa shape index (κ3) is 16.9. The Morgan fingerprint density at radius 2 is 1.23 bits per heavy atom. The molecule has 0 bridgehead atoms. The lowest BCUT2D eigenvalue weighted by Gasteiger charge is -2.39. The van der Waals surface area contributed by atoms with Gasteiger partial charge in [-0.15, -0.1) is 0 Å². The molecule has 0 aromatic carbocycles. The van der Waals surface area contributed by atoms with E-state index in [0.717, 1.165) is 12.8 Å². The fraction of sp³-hybridized carbons (Fsp3) is 0.967. The van der Waals surface area contributed by atoms with Crippen molar-refractivity contribution in [1.29, 1.82) is 0 Å². The van der Waals surface area contributed by atoms with Gasteiger partial charge < -0.3 is 39.4 Å². The summed E-state index contributed by atoms with van der Waals surface area (Å²) in [6.45, 7) is 3.99. The van der Waals surface area contributed by atoms with Crippen LogP contribution in [0.4, 0.5) is 0 Å². The smallest absolute Gasteiger partial charge is 0.305 e. The minimum Gasteiger partial charge on any atom is -0.457 e. The molecule has 39 heavy (non-hydrogen) atoms. The van der Waals surface area contributed by atoms with Crippen molar-refractivity contribution in [2.75, 3.05) is 26.4 Å². The van der Waals surface area contributed by atoms with Crippen molar-refractivity contribution in [3.63, 3.8) is 0 Å². The van der Waals surface area contributed by atoms with E-state index in [-0.39, 0.29) is 19.6 Å². The first-order valence-electron chi connectivity index (χ1n) is 15.6. The number of aliphatic hydroxyl groups excluding tert-OH is 4. The molecule has 0 amide bonds. The highest BCUT2D eigenvalue weighted by molar-refractivity contribution is 5.69. The zero-order valence-corrected chi connectivity index (χ0v) is 24.6. The fourth-order valence-electron chi connectivity index (χ4n) is 4.76. The van der Waals surface area contributed by atoms with E-state index in [4.69, 9.17) is 18.9 Å². The van der Waals surface area contributed by atoms with E-state index in [1.807, 2.05) is 0 Å². The van der Waals surface area contributed by atoms with Gasteiger partial charge in [0.1, 0.15) is 30.5 Å². The Morgan fingerprint density at radius 1 is 0.718 bits per heavy atom. The number of unbranched alkanes of at least 4 members (excludes halogenated alkanes) is 15. The third-order valence-corrected chi connectivity index (χ3v) is 7.33. The van der Waals surface area contributed by atoms with E-state index in [9.17, 15) is 25.2 Å². The van der Waals surface area contributed by atoms with Crippen molar-refractivity contribution in [1.82, 2.24) is 0 Å². The Labute approximate surface area is 236 Å². The molecule has 0 aromatic heterocycles. The van der Waals surface area contributed by atoms with Crippen LogP contribution in [0.25, 0.3) is 0 Å². The molecule has 1 aliphatic rings. The van der Waals surface area contributed by atoms with Crippen LogP contribution in [0.3, 0.4) is 0 Å². The first-order valence-corrected chi connectivity index (χ1v) is 15.6. The minimum absolute atomic E-state index is 0.118. The molecule has 1 saturated heterocycles. The largest absolute Gasteiger partial charge is 0.457 e. The summed E-state index contributed by atoms with van der Waals surface area (Å²) in [6.07, 6.45) is 13.6. The summed E-state index contributed by atoms with van der Waals surface area (Å²) in [5.74, 6) is -0.400. The highest BCUT2D eigenvalue weighted by atomic mass is 16.7. The van der Waals surface area contributed by atoms with E-state index < -0.39 is 49.4 Å². The molecule has 6 unspecified atom stereocenters. The fourth-order valence-corrected chi connectivity index (χ4v) is 4.76. The molecule has 9 heteroatoms. The van der Waals surface area contributed by atoms with Crippen LogP contribution < -0.4 is 0 Å². The van der Waals surface area contributed by atoms with Crippen LogP contribution in [-0.2, 0) is 23.7 Å². The van der Waals surface area contributed by atoms with Gasteiger partial charge in [0.2, 0.25) is 0 Å². The van der Waals surface area contributed by atoms with Crippen LogP contribution in [0.15, 0.2) is 0 Å². The quantitative estimate of drug-likeness (QED) is 0.0943. The standard InChI is InChI=1S/C30H58O9/c1-3-5-6-7-8-9-10-11-12-13-14-15-16-17-18-19-20-36-22-24(38-26(32)4-2)23-37-30-29(35)28(34)27(33)25(21-31)39-30/h24-25,27-31,33-35H,3-23H2,1-2H3. The van der Waals surface area contributed by atoms with E-state index in [2.05, 4.69) is 6.92 Å². The zero-order valence-electron chi connectivity index (χ0n) is 24.6. The molecule has 6 atom stereocenters. The van der Waals surface area contributed by atoms with Crippen molar-refractivity contribution < 1.29 is 44.2 Å². The van der Waals surface area contributed by atoms with E-state index >= 15 is 0 Å². The Morgan fingerprint density at radius 3 is 1.72 bits per heavy atom. The highest BCUT2D eigenvalue weighted by Crippen LogP contribution is 2.22. The number of ether oxygens (including phenoxy) is 4. The maximum Gasteiger partial charge on any atom is 0.305 e. The lowest BCUT2D eigenvalue weighted by molar-refractivity contribution is -0.305. The molecule has 232 valence electrons. The van der Waals surface area contributed by atoms with Crippen LogP contribution in [0.2, 0.25) is 0 Å². The molecule has 1 rings (SSSR count). The summed E-state index contributed by atoms with van der Waals surface area (Å²) in [5, 5.41) is 39.2. The van der Waals surface area contributed by atoms with Crippen molar-refractivity contribution in [3.8, 4) is 0 Å². The van der Waals surface area contributed by atoms with Crippen molar-refractivity contribution in [2.24, 2.45) is 0 Å². The first kappa shape index (κ1) is 36.2. The zero-order chi connectivity index (χ0) is 28.7. The SMILES string of the molecule is CCCCCCCCCCCCCCCCCCOCC(COC1OC(CO)C(O)C(O)C1O)OC(=O)CC. The lowest BCUT2D eigenvalue weighted by Crippen LogP contribution is -2.59. The number of aliphatic hydroxyl groups is 4. The predicted octanol–water partition coefficient (Wildman–Crippen LogP) is 4.40. The summed E-state index contributed by atoms with van der Waals surface area (Å²) in [4.78, 5) is 11.8. The van der Waals surface area contributed by atoms with Crippen LogP contribution in [0.5, 0.6) is 0 Å². The van der Waals surface area contributed by atoms with Crippen LogP contribution in [0, 0.1) is 0 Å². The maximum absolute atomic E-state index is 11.8. The lowest BCUT2D eigenvalue weighted by atomic mass is 9.99. The molecule has 1 aliphatic heterocycles. The van der Waals surface area contributed by atoms with E-state index in [1.54, 1.807) is 6.92 Å². The van der Waals surface area contributed by atoms with E-state index in [0.29, 0.717) is 6.61 Å². The van der Waals surface area contributed by atoms with Gasteiger partial charge in [0.25, 0.3) is 0 Å². The number of carbonyl (C=O) groups excluding carboxylic acids is 1. The summed E-state index contributed by atoms with van der Waals surface area (Å²) >= 11 is 0. The second-order valence-corrected chi connectivity index (χ2v) is 10.9. The topological polar surface area (TPSA) is 135 Å². The number of hydrogen-bond acceptors (Lipinski definition) is 9. The van der Waals surface area contributed by atoms with Gasteiger partial charge in [0.05, 0.1) is 19.8 Å². The number of carbonyl (C=O) groups is 1. The van der Waals surface area contributed by atoms with Gasteiger partial charge in [0.15, 0.2) is 6.29 Å². The maximum atomic E-state index is 11.8. The van der Waals surface area contributed by atoms with Gasteiger partial charge in [-0.3, -0.25) is 4.79 Å². The Kier molecular flexibility index (Phi) is 22.1. The summed E-state index contributed by atoms with van der Waals surface area (Å²) in [7, 11) is 0.